The van der Waals surface area contributed by atoms with Crippen LogP contribution in [0.2, 0.25) is 0 Å². The van der Waals surface area contributed by atoms with E-state index < -0.39 is 10.0 Å². The van der Waals surface area contributed by atoms with Crippen LogP contribution in [0.1, 0.15) is 76.7 Å². The smallest absolute Gasteiger partial charge is 0.240 e. The topological polar surface area (TPSA) is 66.5 Å². The van der Waals surface area contributed by atoms with Crippen molar-refractivity contribution in [3.8, 4) is 0 Å². The number of rotatable bonds is 10. The molecule has 0 atom stereocenters. The molecule has 0 bridgehead atoms. The average molecular weight is 395 g/mol. The number of unbranched alkanes of at least 4 members (excludes halogenated alkanes) is 1. The predicted molar refractivity (Wildman–Crippen MR) is 109 cm³/mol. The second-order valence-corrected chi connectivity index (χ2v) is 9.15. The lowest BCUT2D eigenvalue weighted by Gasteiger charge is -2.22. The van der Waals surface area contributed by atoms with Gasteiger partial charge in [-0.15, -0.1) is 0 Å². The molecular weight excluding hydrogens is 360 g/mol. The molecule has 1 amide bonds. The first kappa shape index (κ1) is 21.9. The number of nitrogens with one attached hydrogen (secondary N) is 1. The lowest BCUT2D eigenvalue weighted by Crippen LogP contribution is -2.35. The molecule has 1 N–H and O–H groups in total. The van der Waals surface area contributed by atoms with Crippen molar-refractivity contribution in [2.75, 3.05) is 19.6 Å². The molecular formula is C21H34N2O3S. The standard InChI is InChI=1S/C21H34N2O3S/c1-3-5-17-23(4-2)21(24)15-16-22-27(25,26)20-13-11-19(12-14-20)18-9-7-6-8-10-18/h11-14,18,22H,3-10,15-17H2,1-2H3. The number of carbonyl (C=O) groups is 1. The molecule has 5 nitrogen and oxygen atoms in total. The Kier molecular flexibility index (Phi) is 8.77. The van der Waals surface area contributed by atoms with E-state index in [0.29, 0.717) is 12.5 Å². The third-order valence-corrected chi connectivity index (χ3v) is 6.89. The summed E-state index contributed by atoms with van der Waals surface area (Å²) in [5.41, 5.74) is 1.23. The summed E-state index contributed by atoms with van der Waals surface area (Å²) < 4.78 is 27.5. The summed E-state index contributed by atoms with van der Waals surface area (Å²) in [6.45, 7) is 5.57. The zero-order valence-corrected chi connectivity index (χ0v) is 17.6. The van der Waals surface area contributed by atoms with E-state index in [1.54, 1.807) is 17.0 Å². The number of hydrogen-bond acceptors (Lipinski definition) is 3. The molecule has 0 saturated heterocycles. The van der Waals surface area contributed by atoms with Gasteiger partial charge < -0.3 is 4.90 Å². The second kappa shape index (κ2) is 10.8. The van der Waals surface area contributed by atoms with Gasteiger partial charge in [-0.1, -0.05) is 44.7 Å². The van der Waals surface area contributed by atoms with Crippen molar-refractivity contribution >= 4 is 15.9 Å². The molecule has 0 aliphatic heterocycles. The van der Waals surface area contributed by atoms with Crippen molar-refractivity contribution in [2.45, 2.75) is 76.0 Å². The molecule has 1 saturated carbocycles. The number of nitrogens with zero attached hydrogens (tertiary/aromatic N) is 1. The van der Waals surface area contributed by atoms with Crippen LogP contribution in [-0.2, 0) is 14.8 Å². The Morgan fingerprint density at radius 3 is 2.37 bits per heavy atom. The molecule has 0 aromatic heterocycles. The first-order valence-electron chi connectivity index (χ1n) is 10.3. The number of carbonyl (C=O) groups excluding carboxylic acids is 1. The van der Waals surface area contributed by atoms with Crippen LogP contribution in [0.25, 0.3) is 0 Å². The van der Waals surface area contributed by atoms with E-state index in [2.05, 4.69) is 11.6 Å². The first-order valence-corrected chi connectivity index (χ1v) is 11.8. The Hall–Kier alpha value is -1.40. The van der Waals surface area contributed by atoms with Crippen LogP contribution in [0.15, 0.2) is 29.2 Å². The second-order valence-electron chi connectivity index (χ2n) is 7.38. The maximum atomic E-state index is 12.5. The fourth-order valence-electron chi connectivity index (χ4n) is 3.70. The Labute approximate surface area is 164 Å². The maximum absolute atomic E-state index is 12.5. The van der Waals surface area contributed by atoms with E-state index in [4.69, 9.17) is 0 Å². The van der Waals surface area contributed by atoms with E-state index in [0.717, 1.165) is 19.4 Å². The van der Waals surface area contributed by atoms with Gasteiger partial charge in [-0.25, -0.2) is 13.1 Å². The van der Waals surface area contributed by atoms with E-state index in [1.807, 2.05) is 19.1 Å². The van der Waals surface area contributed by atoms with E-state index >= 15 is 0 Å². The lowest BCUT2D eigenvalue weighted by molar-refractivity contribution is -0.130. The number of benzene rings is 1. The zero-order valence-electron chi connectivity index (χ0n) is 16.7. The largest absolute Gasteiger partial charge is 0.343 e. The third kappa shape index (κ3) is 6.61. The van der Waals surface area contributed by atoms with Crippen LogP contribution in [0.5, 0.6) is 0 Å². The van der Waals surface area contributed by atoms with E-state index in [9.17, 15) is 13.2 Å². The van der Waals surface area contributed by atoms with Gasteiger partial charge >= 0.3 is 0 Å². The van der Waals surface area contributed by atoms with Gasteiger partial charge in [0, 0.05) is 26.1 Å². The van der Waals surface area contributed by atoms with Crippen LogP contribution in [0, 0.1) is 0 Å². The maximum Gasteiger partial charge on any atom is 0.240 e. The van der Waals surface area contributed by atoms with Gasteiger partial charge in [-0.05, 0) is 49.8 Å². The summed E-state index contributed by atoms with van der Waals surface area (Å²) in [6.07, 6.45) is 8.40. The van der Waals surface area contributed by atoms with Crippen molar-refractivity contribution in [1.82, 2.24) is 9.62 Å². The monoisotopic (exact) mass is 394 g/mol. The first-order chi connectivity index (χ1) is 13.0. The SMILES string of the molecule is CCCCN(CC)C(=O)CCNS(=O)(=O)c1ccc(C2CCCCC2)cc1. The summed E-state index contributed by atoms with van der Waals surface area (Å²) in [5, 5.41) is 0. The van der Waals surface area contributed by atoms with Gasteiger partial charge in [0.2, 0.25) is 15.9 Å². The fourth-order valence-corrected chi connectivity index (χ4v) is 4.73. The minimum absolute atomic E-state index is 0.00120. The summed E-state index contributed by atoms with van der Waals surface area (Å²) >= 11 is 0. The molecule has 152 valence electrons. The minimum Gasteiger partial charge on any atom is -0.343 e. The fraction of sp³-hybridized carbons (Fsp3) is 0.667. The van der Waals surface area contributed by atoms with Gasteiger partial charge in [-0.2, -0.15) is 0 Å². The Bertz CT molecular complexity index is 680. The molecule has 1 aliphatic rings. The predicted octanol–water partition coefficient (Wildman–Crippen LogP) is 4.05. The molecule has 6 heteroatoms. The van der Waals surface area contributed by atoms with Crippen molar-refractivity contribution < 1.29 is 13.2 Å². The Balaban J connectivity index is 1.87. The van der Waals surface area contributed by atoms with Crippen LogP contribution < -0.4 is 4.72 Å². The Morgan fingerprint density at radius 2 is 1.78 bits per heavy atom. The third-order valence-electron chi connectivity index (χ3n) is 5.41. The highest BCUT2D eigenvalue weighted by atomic mass is 32.2. The highest BCUT2D eigenvalue weighted by molar-refractivity contribution is 7.89. The lowest BCUT2D eigenvalue weighted by atomic mass is 9.84. The van der Waals surface area contributed by atoms with Crippen LogP contribution in [0.3, 0.4) is 0 Å². The highest BCUT2D eigenvalue weighted by Crippen LogP contribution is 2.32. The van der Waals surface area contributed by atoms with Gasteiger partial charge in [0.25, 0.3) is 0 Å². The van der Waals surface area contributed by atoms with Crippen molar-refractivity contribution in [2.24, 2.45) is 0 Å². The minimum atomic E-state index is -3.57. The normalized spacial score (nSPS) is 15.6. The van der Waals surface area contributed by atoms with E-state index in [1.165, 1.54) is 37.7 Å². The number of amides is 1. The molecule has 1 aromatic carbocycles. The summed E-state index contributed by atoms with van der Waals surface area (Å²) in [4.78, 5) is 14.3. The van der Waals surface area contributed by atoms with Gasteiger partial charge in [0.1, 0.15) is 0 Å². The summed E-state index contributed by atoms with van der Waals surface area (Å²) in [6, 6.07) is 7.26. The number of hydrogen-bond donors (Lipinski definition) is 1. The summed E-state index contributed by atoms with van der Waals surface area (Å²) in [7, 11) is -3.57. The average Bonchev–Trinajstić information content (AvgIpc) is 2.69. The van der Waals surface area contributed by atoms with Crippen LogP contribution in [0.4, 0.5) is 0 Å². The van der Waals surface area contributed by atoms with Crippen LogP contribution >= 0.6 is 0 Å². The molecule has 1 aliphatic carbocycles. The molecule has 0 spiro atoms. The van der Waals surface area contributed by atoms with Gasteiger partial charge in [-0.3, -0.25) is 4.79 Å². The molecule has 0 radical (unpaired) electrons. The molecule has 2 rings (SSSR count). The van der Waals surface area contributed by atoms with Gasteiger partial charge in [0.05, 0.1) is 4.90 Å². The molecule has 0 heterocycles. The van der Waals surface area contributed by atoms with Crippen molar-refractivity contribution in [3.05, 3.63) is 29.8 Å². The van der Waals surface area contributed by atoms with Gasteiger partial charge in [0.15, 0.2) is 0 Å². The van der Waals surface area contributed by atoms with Crippen LogP contribution in [-0.4, -0.2) is 38.9 Å². The van der Waals surface area contributed by atoms with Crippen molar-refractivity contribution in [3.63, 3.8) is 0 Å². The molecule has 27 heavy (non-hydrogen) atoms. The van der Waals surface area contributed by atoms with E-state index in [-0.39, 0.29) is 23.8 Å². The highest BCUT2D eigenvalue weighted by Gasteiger charge is 2.19. The van der Waals surface area contributed by atoms with Crippen molar-refractivity contribution in [1.29, 1.82) is 0 Å². The molecule has 1 aromatic rings. The Morgan fingerprint density at radius 1 is 1.11 bits per heavy atom. The number of sulfonamides is 1. The molecule has 1 fully saturated rings. The molecule has 0 unspecified atom stereocenters. The summed E-state index contributed by atoms with van der Waals surface area (Å²) in [5.74, 6) is 0.561. The quantitative estimate of drug-likeness (QED) is 0.651. The zero-order chi connectivity index (χ0) is 19.7.